The van der Waals surface area contributed by atoms with Crippen LogP contribution in [0.5, 0.6) is 0 Å². The molecule has 1 unspecified atom stereocenters. The Kier molecular flexibility index (Phi) is 2.99. The van der Waals surface area contributed by atoms with E-state index in [0.29, 0.717) is 5.92 Å². The highest BCUT2D eigenvalue weighted by molar-refractivity contribution is 6.84. The molecule has 0 aromatic rings. The first-order valence-corrected chi connectivity index (χ1v) is 9.72. The van der Waals surface area contributed by atoms with Crippen LogP contribution in [0, 0.1) is 16.7 Å². The third-order valence-corrected chi connectivity index (χ3v) is 7.57. The number of hydrogen-bond donors (Lipinski definition) is 0. The van der Waals surface area contributed by atoms with Crippen molar-refractivity contribution in [3.05, 3.63) is 10.2 Å². The molecule has 1 aliphatic carbocycles. The van der Waals surface area contributed by atoms with Crippen LogP contribution in [-0.2, 0) is 0 Å². The Morgan fingerprint density at radius 1 is 1.00 bits per heavy atom. The molecule has 0 bridgehead atoms. The number of rotatable bonds is 1. The molecule has 88 valence electrons. The van der Waals surface area contributed by atoms with Gasteiger partial charge in [0.05, 0.1) is 8.07 Å². The van der Waals surface area contributed by atoms with Crippen molar-refractivity contribution in [1.82, 2.24) is 0 Å². The van der Waals surface area contributed by atoms with Gasteiger partial charge in [-0.1, -0.05) is 71.1 Å². The zero-order chi connectivity index (χ0) is 12.2. The maximum atomic E-state index is 6.65. The van der Waals surface area contributed by atoms with Crippen LogP contribution in [0.25, 0.3) is 0 Å². The van der Waals surface area contributed by atoms with E-state index in [2.05, 4.69) is 54.3 Å². The number of halogens is 1. The van der Waals surface area contributed by atoms with Gasteiger partial charge in [0.2, 0.25) is 0 Å². The Balaban J connectivity index is 3.41. The predicted molar refractivity (Wildman–Crippen MR) is 73.0 cm³/mol. The second-order valence-corrected chi connectivity index (χ2v) is 12.5. The zero-order valence-electron chi connectivity index (χ0n) is 11.5. The van der Waals surface area contributed by atoms with E-state index in [1.807, 2.05) is 0 Å². The molecule has 0 saturated heterocycles. The second kappa shape index (κ2) is 3.37. The zero-order valence-corrected chi connectivity index (χ0v) is 13.2. The smallest absolute Gasteiger partial charge is 0.0747 e. The van der Waals surface area contributed by atoms with Crippen LogP contribution in [0.4, 0.5) is 0 Å². The molecule has 0 heterocycles. The summed E-state index contributed by atoms with van der Waals surface area (Å²) in [5.74, 6) is 0.624. The van der Waals surface area contributed by atoms with Crippen LogP contribution in [0.15, 0.2) is 10.2 Å². The van der Waals surface area contributed by atoms with Crippen molar-refractivity contribution in [2.24, 2.45) is 16.7 Å². The lowest BCUT2D eigenvalue weighted by molar-refractivity contribution is 0.197. The minimum absolute atomic E-state index is 0.153. The lowest BCUT2D eigenvalue weighted by atomic mass is 9.72. The summed E-state index contributed by atoms with van der Waals surface area (Å²) in [5, 5.41) is 2.73. The van der Waals surface area contributed by atoms with Gasteiger partial charge in [-0.3, -0.25) is 0 Å². The summed E-state index contributed by atoms with van der Waals surface area (Å²) >= 11 is 6.65. The van der Waals surface area contributed by atoms with Crippen molar-refractivity contribution >= 4 is 19.7 Å². The molecule has 0 aromatic heterocycles. The highest BCUT2D eigenvalue weighted by Gasteiger charge is 2.52. The molecule has 0 aliphatic heterocycles. The molecule has 1 rings (SSSR count). The first-order chi connectivity index (χ1) is 6.43. The largest absolute Gasteiger partial charge is 0.0890 e. The average molecular weight is 245 g/mol. The lowest BCUT2D eigenvalue weighted by Gasteiger charge is -2.37. The lowest BCUT2D eigenvalue weighted by Crippen LogP contribution is -2.35. The Morgan fingerprint density at radius 2 is 1.40 bits per heavy atom. The molecule has 0 spiro atoms. The summed E-state index contributed by atoms with van der Waals surface area (Å²) in [5.41, 5.74) is 0.422. The summed E-state index contributed by atoms with van der Waals surface area (Å²) in [7, 11) is -1.31. The SMILES string of the molecule is CC1C(C)(C)C(Cl)=C([Si](C)(C)C)C1(C)C. The topological polar surface area (TPSA) is 0 Å². The summed E-state index contributed by atoms with van der Waals surface area (Å²) in [4.78, 5) is 0. The second-order valence-electron chi connectivity index (χ2n) is 7.10. The van der Waals surface area contributed by atoms with Gasteiger partial charge in [-0.25, -0.2) is 0 Å². The third kappa shape index (κ3) is 1.82. The quantitative estimate of drug-likeness (QED) is 0.566. The van der Waals surface area contributed by atoms with Gasteiger partial charge in [0.1, 0.15) is 0 Å². The molecule has 0 radical (unpaired) electrons. The normalized spacial score (nSPS) is 29.8. The Labute approximate surface area is 101 Å². The summed E-state index contributed by atoms with van der Waals surface area (Å²) in [6.07, 6.45) is 0. The standard InChI is InChI=1S/C13H25ClSi/c1-9-12(2,3)10(14)11(13(9,4)5)15(6,7)8/h9H,1-8H3. The van der Waals surface area contributed by atoms with Gasteiger partial charge in [0.25, 0.3) is 0 Å². The van der Waals surface area contributed by atoms with E-state index in [9.17, 15) is 0 Å². The van der Waals surface area contributed by atoms with Crippen molar-refractivity contribution in [3.63, 3.8) is 0 Å². The minimum atomic E-state index is -1.31. The molecule has 0 nitrogen and oxygen atoms in total. The van der Waals surface area contributed by atoms with Gasteiger partial charge in [0.15, 0.2) is 0 Å². The first-order valence-electron chi connectivity index (χ1n) is 5.84. The van der Waals surface area contributed by atoms with E-state index < -0.39 is 8.07 Å². The van der Waals surface area contributed by atoms with Crippen LogP contribution in [-0.4, -0.2) is 8.07 Å². The van der Waals surface area contributed by atoms with Crippen LogP contribution in [0.2, 0.25) is 19.6 Å². The molecule has 1 aliphatic rings. The van der Waals surface area contributed by atoms with Crippen molar-refractivity contribution in [2.75, 3.05) is 0 Å². The van der Waals surface area contributed by atoms with Gasteiger partial charge in [-0.15, -0.1) is 0 Å². The van der Waals surface area contributed by atoms with Crippen LogP contribution < -0.4 is 0 Å². The highest BCUT2D eigenvalue weighted by Crippen LogP contribution is 2.60. The van der Waals surface area contributed by atoms with Crippen molar-refractivity contribution in [2.45, 2.75) is 54.3 Å². The molecule has 2 heteroatoms. The fourth-order valence-electron chi connectivity index (χ4n) is 3.21. The van der Waals surface area contributed by atoms with E-state index in [-0.39, 0.29) is 10.8 Å². The Morgan fingerprint density at radius 3 is 1.53 bits per heavy atom. The van der Waals surface area contributed by atoms with Gasteiger partial charge in [-0.05, 0) is 11.3 Å². The van der Waals surface area contributed by atoms with Crippen LogP contribution >= 0.6 is 11.6 Å². The number of hydrogen-bond acceptors (Lipinski definition) is 0. The van der Waals surface area contributed by atoms with Gasteiger partial charge >= 0.3 is 0 Å². The molecule has 0 saturated carbocycles. The van der Waals surface area contributed by atoms with E-state index in [1.54, 1.807) is 5.20 Å². The molecule has 15 heavy (non-hydrogen) atoms. The minimum Gasteiger partial charge on any atom is -0.0890 e. The van der Waals surface area contributed by atoms with Crippen LogP contribution in [0.1, 0.15) is 34.6 Å². The molecule has 0 fully saturated rings. The van der Waals surface area contributed by atoms with E-state index in [1.165, 1.54) is 0 Å². The summed E-state index contributed by atoms with van der Waals surface area (Å²) in [6, 6.07) is 0. The van der Waals surface area contributed by atoms with Crippen molar-refractivity contribution in [1.29, 1.82) is 0 Å². The fourth-order valence-corrected chi connectivity index (χ4v) is 7.60. The van der Waals surface area contributed by atoms with Gasteiger partial charge < -0.3 is 0 Å². The Hall–Kier alpha value is 0.247. The molecular formula is C13H25ClSi. The predicted octanol–water partition coefficient (Wildman–Crippen LogP) is 5.06. The average Bonchev–Trinajstić information content (AvgIpc) is 2.09. The molecule has 0 N–H and O–H groups in total. The summed E-state index contributed by atoms with van der Waals surface area (Å²) < 4.78 is 0. The number of allylic oxidation sites excluding steroid dienone is 2. The highest BCUT2D eigenvalue weighted by atomic mass is 35.5. The van der Waals surface area contributed by atoms with Gasteiger partial charge in [-0.2, -0.15) is 0 Å². The van der Waals surface area contributed by atoms with E-state index >= 15 is 0 Å². The maximum absolute atomic E-state index is 6.65. The third-order valence-electron chi connectivity index (χ3n) is 4.34. The Bertz CT molecular complexity index is 305. The fraction of sp³-hybridized carbons (Fsp3) is 0.846. The molecule has 1 atom stereocenters. The maximum Gasteiger partial charge on any atom is 0.0747 e. The summed E-state index contributed by atoms with van der Waals surface area (Å²) in [6.45, 7) is 18.9. The van der Waals surface area contributed by atoms with E-state index in [4.69, 9.17) is 11.6 Å². The molecule has 0 aromatic carbocycles. The monoisotopic (exact) mass is 244 g/mol. The van der Waals surface area contributed by atoms with Crippen LogP contribution in [0.3, 0.4) is 0 Å². The first kappa shape index (κ1) is 13.3. The molecule has 0 amide bonds. The molecular weight excluding hydrogens is 220 g/mol. The van der Waals surface area contributed by atoms with Gasteiger partial charge in [0, 0.05) is 10.4 Å². The van der Waals surface area contributed by atoms with E-state index in [0.717, 1.165) is 5.03 Å². The van der Waals surface area contributed by atoms with Crippen molar-refractivity contribution < 1.29 is 0 Å². The van der Waals surface area contributed by atoms with Crippen molar-refractivity contribution in [3.8, 4) is 0 Å².